The largest absolute Gasteiger partial charge is 0.511 e. The summed E-state index contributed by atoms with van der Waals surface area (Å²) in [5.74, 6) is -8.40. The van der Waals surface area contributed by atoms with E-state index in [9.17, 15) is 49.8 Å². The van der Waals surface area contributed by atoms with E-state index in [2.05, 4.69) is 5.32 Å². The fourth-order valence-corrected chi connectivity index (χ4v) is 6.35. The van der Waals surface area contributed by atoms with Crippen LogP contribution in [0.25, 0.3) is 0 Å². The monoisotopic (exact) mass is 641 g/mol. The molecular formula is C35H47NO10. The number of carbonyl (C=O) groups is 4. The van der Waals surface area contributed by atoms with Gasteiger partial charge in [-0.05, 0) is 19.4 Å². The first-order valence-electron chi connectivity index (χ1n) is 15.6. The zero-order valence-corrected chi connectivity index (χ0v) is 27.6. The van der Waals surface area contributed by atoms with Crippen molar-refractivity contribution in [2.24, 2.45) is 35.5 Å². The van der Waals surface area contributed by atoms with Gasteiger partial charge in [-0.15, -0.1) is 0 Å². The highest BCUT2D eigenvalue weighted by Gasteiger charge is 2.45. The smallest absolute Gasteiger partial charge is 0.251 e. The second kappa shape index (κ2) is 14.5. The lowest BCUT2D eigenvalue weighted by molar-refractivity contribution is -0.121. The lowest BCUT2D eigenvalue weighted by Gasteiger charge is -2.36. The number of rotatable bonds is 0. The molecule has 11 heteroatoms. The van der Waals surface area contributed by atoms with Gasteiger partial charge in [-0.25, -0.2) is 0 Å². The third kappa shape index (κ3) is 7.08. The van der Waals surface area contributed by atoms with Crippen LogP contribution < -0.4 is 5.32 Å². The summed E-state index contributed by atoms with van der Waals surface area (Å²) in [6.07, 6.45) is 0.675. The van der Waals surface area contributed by atoms with Gasteiger partial charge in [0.2, 0.25) is 5.78 Å². The van der Waals surface area contributed by atoms with E-state index in [0.717, 1.165) is 6.08 Å². The summed E-state index contributed by atoms with van der Waals surface area (Å²) in [5, 5.41) is 68.6. The number of fused-ring (bicyclic) bond motifs is 15. The Balaban J connectivity index is 2.15. The first-order valence-corrected chi connectivity index (χ1v) is 15.6. The van der Waals surface area contributed by atoms with Gasteiger partial charge in [0.15, 0.2) is 11.6 Å². The molecule has 46 heavy (non-hydrogen) atoms. The van der Waals surface area contributed by atoms with Crippen LogP contribution in [0.2, 0.25) is 0 Å². The molecule has 4 rings (SSSR count). The van der Waals surface area contributed by atoms with Crippen LogP contribution in [0, 0.1) is 35.5 Å². The fourth-order valence-electron chi connectivity index (χ4n) is 6.35. The van der Waals surface area contributed by atoms with Crippen molar-refractivity contribution in [1.29, 1.82) is 0 Å². The van der Waals surface area contributed by atoms with Gasteiger partial charge in [-0.3, -0.25) is 19.2 Å². The second-order valence-electron chi connectivity index (χ2n) is 13.2. The highest BCUT2D eigenvalue weighted by atomic mass is 16.3. The molecule has 7 N–H and O–H groups in total. The van der Waals surface area contributed by atoms with Gasteiger partial charge in [-0.1, -0.05) is 65.8 Å². The molecule has 0 radical (unpaired) electrons. The molecule has 252 valence electrons. The average Bonchev–Trinajstić information content (AvgIpc) is 3.02. The van der Waals surface area contributed by atoms with Gasteiger partial charge in [0.25, 0.3) is 5.91 Å². The van der Waals surface area contributed by atoms with E-state index >= 15 is 0 Å². The molecular weight excluding hydrogens is 594 g/mol. The molecule has 11 atom stereocenters. The van der Waals surface area contributed by atoms with E-state index in [1.165, 1.54) is 39.0 Å². The summed E-state index contributed by atoms with van der Waals surface area (Å²) in [5.41, 5.74) is -1.55. The Morgan fingerprint density at radius 2 is 1.20 bits per heavy atom. The van der Waals surface area contributed by atoms with Crippen LogP contribution in [0.3, 0.4) is 0 Å². The van der Waals surface area contributed by atoms with Crippen molar-refractivity contribution >= 4 is 23.3 Å². The number of hydrogen-bond acceptors (Lipinski definition) is 10. The van der Waals surface area contributed by atoms with Crippen molar-refractivity contribution < 1.29 is 49.8 Å². The Kier molecular flexibility index (Phi) is 11.7. The van der Waals surface area contributed by atoms with E-state index in [0.29, 0.717) is 0 Å². The van der Waals surface area contributed by atoms with Gasteiger partial charge >= 0.3 is 0 Å². The summed E-state index contributed by atoms with van der Waals surface area (Å²) in [7, 11) is 0. The number of nitrogens with one attached hydrogen (secondary N) is 1. The minimum absolute atomic E-state index is 0.0269. The Morgan fingerprint density at radius 3 is 1.76 bits per heavy atom. The maximum atomic E-state index is 13.8. The van der Waals surface area contributed by atoms with Gasteiger partial charge in [0.1, 0.15) is 5.76 Å². The molecule has 0 spiro atoms. The zero-order valence-electron chi connectivity index (χ0n) is 27.6. The van der Waals surface area contributed by atoms with Crippen LogP contribution in [0.15, 0.2) is 69.7 Å². The summed E-state index contributed by atoms with van der Waals surface area (Å²) >= 11 is 0. The molecule has 2 aliphatic carbocycles. The number of Topliss-reactive ketones (excluding diaryl/α,β-unsaturated/α-hetero) is 2. The highest BCUT2D eigenvalue weighted by molar-refractivity contribution is 6.30. The number of amides is 1. The van der Waals surface area contributed by atoms with E-state index in [1.54, 1.807) is 40.7 Å². The number of carbonyl (C=O) groups excluding carboxylic acids is 4. The van der Waals surface area contributed by atoms with E-state index in [1.807, 2.05) is 0 Å². The molecule has 2 aliphatic heterocycles. The van der Waals surface area contributed by atoms with Crippen LogP contribution in [-0.2, 0) is 19.2 Å². The number of aliphatic hydroxyl groups excluding tert-OH is 6. The predicted octanol–water partition coefficient (Wildman–Crippen LogP) is 1.91. The van der Waals surface area contributed by atoms with Gasteiger partial charge in [0, 0.05) is 58.3 Å². The summed E-state index contributed by atoms with van der Waals surface area (Å²) in [4.78, 5) is 53.7. The Bertz CT molecular complexity index is 1460. The van der Waals surface area contributed by atoms with Crippen LogP contribution in [0.5, 0.6) is 0 Å². The first-order chi connectivity index (χ1) is 21.3. The highest BCUT2D eigenvalue weighted by Crippen LogP contribution is 2.39. The van der Waals surface area contributed by atoms with Gasteiger partial charge in [0.05, 0.1) is 41.8 Å². The third-order valence-electron chi connectivity index (χ3n) is 9.76. The lowest BCUT2D eigenvalue weighted by atomic mass is 9.73. The standard InChI is InChI=1S/C35H47NO10/c1-14-10-9-11-15(2)35(46)36-22-13-23(37)24-25(32(43)21(8)33(44)26(24)34(22)45)29(40)17(4)12-16(3)28(39)19(6)31(42)20(7)30(41)18(5)27(14)38/h9-14,16,18-21,27-28,30-31,33,38-39,41-44H,1-8H3,(H,36,46)/b10-9+,15-11-,17-12-/t14-,16?,18+,19+,20+,21?,27-,28-,30+,31+,33?/m0/s1. The fraction of sp³-hybridized carbons (Fsp3) is 0.543. The maximum Gasteiger partial charge on any atom is 0.251 e. The van der Waals surface area contributed by atoms with Crippen molar-refractivity contribution in [2.75, 3.05) is 0 Å². The SMILES string of the molecule is C/C1=C/C=C/[C@H](C)[C@H](O)[C@@H](C)[C@@H](O)[C@@H](C)[C@H](O)[C@H](C)[C@@H](O)C(C)/C=C(/C)C(=O)C2=C(O)C(C)C(O)C3=C2C(=O)C=C(NC1=O)C3=O. The predicted molar refractivity (Wildman–Crippen MR) is 170 cm³/mol. The second-order valence-corrected chi connectivity index (χ2v) is 13.2. The number of allylic oxidation sites excluding steroid dienone is 7. The van der Waals surface area contributed by atoms with Crippen LogP contribution in [-0.4, -0.2) is 84.4 Å². The van der Waals surface area contributed by atoms with Crippen molar-refractivity contribution in [1.82, 2.24) is 5.32 Å². The van der Waals surface area contributed by atoms with E-state index in [4.69, 9.17) is 0 Å². The Labute approximate surface area is 269 Å². The van der Waals surface area contributed by atoms with Crippen molar-refractivity contribution in [2.45, 2.75) is 85.9 Å². The number of ketones is 3. The van der Waals surface area contributed by atoms with Gasteiger partial charge in [-0.2, -0.15) is 0 Å². The van der Waals surface area contributed by atoms with Gasteiger partial charge < -0.3 is 36.0 Å². The summed E-state index contributed by atoms with van der Waals surface area (Å²) in [6, 6.07) is 0. The molecule has 4 aliphatic rings. The molecule has 0 fully saturated rings. The molecule has 0 aromatic heterocycles. The molecule has 0 aromatic carbocycles. The number of aliphatic hydroxyl groups is 6. The minimum atomic E-state index is -1.64. The number of hydrogen-bond donors (Lipinski definition) is 7. The third-order valence-corrected chi connectivity index (χ3v) is 9.76. The van der Waals surface area contributed by atoms with E-state index < -0.39 is 117 Å². The normalized spacial score (nSPS) is 40.5. The Hall–Kier alpha value is -3.48. The topological polar surface area (TPSA) is 202 Å². The summed E-state index contributed by atoms with van der Waals surface area (Å²) in [6.45, 7) is 12.5. The molecule has 4 bridgehead atoms. The quantitative estimate of drug-likeness (QED) is 0.192. The van der Waals surface area contributed by atoms with Crippen LogP contribution in [0.1, 0.15) is 55.4 Å². The first kappa shape index (κ1) is 37.0. The molecule has 11 nitrogen and oxygen atoms in total. The van der Waals surface area contributed by atoms with E-state index in [-0.39, 0.29) is 11.1 Å². The summed E-state index contributed by atoms with van der Waals surface area (Å²) < 4.78 is 0. The minimum Gasteiger partial charge on any atom is -0.511 e. The molecule has 2 heterocycles. The van der Waals surface area contributed by atoms with Crippen LogP contribution >= 0.6 is 0 Å². The molecule has 3 unspecified atom stereocenters. The van der Waals surface area contributed by atoms with Crippen molar-refractivity contribution in [3.05, 3.63) is 69.7 Å². The van der Waals surface area contributed by atoms with Crippen molar-refractivity contribution in [3.63, 3.8) is 0 Å². The molecule has 0 aromatic rings. The molecule has 0 saturated heterocycles. The van der Waals surface area contributed by atoms with Crippen molar-refractivity contribution in [3.8, 4) is 0 Å². The zero-order chi connectivity index (χ0) is 34.9. The lowest BCUT2D eigenvalue weighted by Crippen LogP contribution is -2.45. The molecule has 1 amide bonds. The maximum absolute atomic E-state index is 13.8. The average molecular weight is 642 g/mol. The molecule has 0 saturated carbocycles. The Morgan fingerprint density at radius 1 is 0.674 bits per heavy atom. The van der Waals surface area contributed by atoms with Crippen LogP contribution in [0.4, 0.5) is 0 Å².